The zero-order chi connectivity index (χ0) is 21.3. The first-order chi connectivity index (χ1) is 14.3. The van der Waals surface area contributed by atoms with E-state index in [1.165, 1.54) is 11.3 Å². The molecule has 0 spiro atoms. The Morgan fingerprint density at radius 2 is 1.83 bits per heavy atom. The molecule has 0 saturated carbocycles. The van der Waals surface area contributed by atoms with E-state index in [9.17, 15) is 9.59 Å². The van der Waals surface area contributed by atoms with Gasteiger partial charge in [0.15, 0.2) is 0 Å². The summed E-state index contributed by atoms with van der Waals surface area (Å²) in [6.45, 7) is 6.12. The largest absolute Gasteiger partial charge is 0.457 e. The molecule has 0 radical (unpaired) electrons. The third-order valence-corrected chi connectivity index (χ3v) is 5.73. The number of ketones is 1. The fourth-order valence-corrected chi connectivity index (χ4v) is 3.77. The fourth-order valence-electron chi connectivity index (χ4n) is 2.97. The lowest BCUT2D eigenvalue weighted by molar-refractivity contribution is -0.117. The number of pyridine rings is 1. The van der Waals surface area contributed by atoms with E-state index < -0.39 is 6.03 Å². The second kappa shape index (κ2) is 7.83. The fraction of sp³-hybridized carbons (Fsp3) is 0.286. The van der Waals surface area contributed by atoms with Crippen LogP contribution in [-0.2, 0) is 23.1 Å². The van der Waals surface area contributed by atoms with E-state index in [4.69, 9.17) is 4.74 Å². The second-order valence-electron chi connectivity index (χ2n) is 7.99. The third-order valence-electron chi connectivity index (χ3n) is 4.47. The highest BCUT2D eigenvalue weighted by molar-refractivity contribution is 7.15. The van der Waals surface area contributed by atoms with Gasteiger partial charge in [-0.1, -0.05) is 32.1 Å². The molecule has 30 heavy (non-hydrogen) atoms. The number of nitrogens with one attached hydrogen (secondary N) is 2. The van der Waals surface area contributed by atoms with Crippen LogP contribution < -0.4 is 15.4 Å². The zero-order valence-electron chi connectivity index (χ0n) is 16.9. The molecule has 0 aliphatic heterocycles. The minimum absolute atomic E-state index is 0.119. The summed E-state index contributed by atoms with van der Waals surface area (Å²) < 4.78 is 5.92. The van der Waals surface area contributed by atoms with Gasteiger partial charge in [-0.2, -0.15) is 0 Å². The van der Waals surface area contributed by atoms with Crippen LogP contribution in [0.25, 0.3) is 0 Å². The molecule has 4 rings (SSSR count). The lowest BCUT2D eigenvalue weighted by atomic mass is 9.98. The summed E-state index contributed by atoms with van der Waals surface area (Å²) in [7, 11) is 0. The predicted molar refractivity (Wildman–Crippen MR) is 114 cm³/mol. The molecule has 2 amide bonds. The van der Waals surface area contributed by atoms with Gasteiger partial charge in [0.2, 0.25) is 5.13 Å². The molecule has 1 aromatic carbocycles. The molecule has 0 atom stereocenters. The summed E-state index contributed by atoms with van der Waals surface area (Å²) in [6, 6.07) is 8.34. The Labute approximate surface area is 177 Å². The summed E-state index contributed by atoms with van der Waals surface area (Å²) in [5.74, 6) is 1.38. The van der Waals surface area contributed by atoms with Crippen LogP contribution in [0.2, 0.25) is 0 Å². The molecule has 2 heterocycles. The number of carbonyl (C=O) groups is 2. The van der Waals surface area contributed by atoms with Crippen LogP contribution in [0.15, 0.2) is 36.5 Å². The van der Waals surface area contributed by atoms with Crippen LogP contribution in [0.4, 0.5) is 15.6 Å². The highest BCUT2D eigenvalue weighted by Gasteiger charge is 2.23. The number of Topliss-reactive ketones (excluding diaryl/α,β-unsaturated/α-hetero) is 1. The van der Waals surface area contributed by atoms with Gasteiger partial charge in [0, 0.05) is 35.7 Å². The topological polar surface area (TPSA) is 106 Å². The summed E-state index contributed by atoms with van der Waals surface area (Å²) in [6.07, 6.45) is 2.35. The average Bonchev–Trinajstić information content (AvgIpc) is 3.29. The second-order valence-corrected chi connectivity index (χ2v) is 8.97. The maximum atomic E-state index is 12.2. The molecule has 9 heteroatoms. The number of hydrogen-bond acceptors (Lipinski definition) is 7. The highest BCUT2D eigenvalue weighted by Crippen LogP contribution is 2.31. The van der Waals surface area contributed by atoms with E-state index in [2.05, 4.69) is 25.8 Å². The maximum Gasteiger partial charge on any atom is 0.325 e. The van der Waals surface area contributed by atoms with Crippen molar-refractivity contribution in [3.05, 3.63) is 52.8 Å². The van der Waals surface area contributed by atoms with Crippen LogP contribution in [0.5, 0.6) is 11.5 Å². The first-order valence-corrected chi connectivity index (χ1v) is 10.3. The van der Waals surface area contributed by atoms with E-state index in [0.717, 1.165) is 16.3 Å². The van der Waals surface area contributed by atoms with E-state index in [1.807, 2.05) is 20.8 Å². The summed E-state index contributed by atoms with van der Waals surface area (Å²) in [5.41, 5.74) is 2.11. The van der Waals surface area contributed by atoms with Crippen molar-refractivity contribution in [2.24, 2.45) is 0 Å². The number of anilines is 2. The molecule has 1 aliphatic carbocycles. The first kappa shape index (κ1) is 20.0. The molecule has 1 aliphatic rings. The van der Waals surface area contributed by atoms with Crippen molar-refractivity contribution in [3.63, 3.8) is 0 Å². The number of amides is 2. The molecule has 0 bridgehead atoms. The Balaban J connectivity index is 1.37. The third kappa shape index (κ3) is 4.46. The van der Waals surface area contributed by atoms with Crippen LogP contribution in [0, 0.1) is 0 Å². The first-order valence-electron chi connectivity index (χ1n) is 9.46. The molecular formula is C21H21N5O3S. The van der Waals surface area contributed by atoms with Crippen LogP contribution in [0.1, 0.15) is 37.0 Å². The molecule has 0 unspecified atom stereocenters. The SMILES string of the molecule is CC(C)(C)c1nnc(NC(=O)Nc2ccc(Oc3ccnc4c3CC(=O)C4)cc2)s1. The lowest BCUT2D eigenvalue weighted by Gasteiger charge is -2.12. The van der Waals surface area contributed by atoms with Crippen molar-refractivity contribution >= 4 is 34.0 Å². The van der Waals surface area contributed by atoms with E-state index >= 15 is 0 Å². The number of benzene rings is 1. The van der Waals surface area contributed by atoms with Crippen molar-refractivity contribution in [1.29, 1.82) is 0 Å². The van der Waals surface area contributed by atoms with Crippen LogP contribution in [0.3, 0.4) is 0 Å². The molecule has 3 aromatic rings. The number of urea groups is 1. The molecule has 8 nitrogen and oxygen atoms in total. The average molecular weight is 423 g/mol. The zero-order valence-corrected chi connectivity index (χ0v) is 17.7. The van der Waals surface area contributed by atoms with E-state index in [1.54, 1.807) is 36.5 Å². The quantitative estimate of drug-likeness (QED) is 0.647. The van der Waals surface area contributed by atoms with Gasteiger partial charge >= 0.3 is 6.03 Å². The van der Waals surface area contributed by atoms with Crippen molar-refractivity contribution in [2.75, 3.05) is 10.6 Å². The van der Waals surface area contributed by atoms with Gasteiger partial charge in [-0.3, -0.25) is 15.1 Å². The van der Waals surface area contributed by atoms with Crippen molar-refractivity contribution in [2.45, 2.75) is 39.0 Å². The molecular weight excluding hydrogens is 402 g/mol. The van der Waals surface area contributed by atoms with Crippen LogP contribution in [-0.4, -0.2) is 27.0 Å². The van der Waals surface area contributed by atoms with E-state index in [-0.39, 0.29) is 11.2 Å². The lowest BCUT2D eigenvalue weighted by Crippen LogP contribution is -2.19. The van der Waals surface area contributed by atoms with Gasteiger partial charge in [0.25, 0.3) is 0 Å². The highest BCUT2D eigenvalue weighted by atomic mass is 32.1. The Morgan fingerprint density at radius 1 is 1.07 bits per heavy atom. The van der Waals surface area contributed by atoms with Crippen LogP contribution >= 0.6 is 11.3 Å². The number of fused-ring (bicyclic) bond motifs is 1. The number of hydrogen-bond donors (Lipinski definition) is 2. The Hall–Kier alpha value is -3.33. The Morgan fingerprint density at radius 3 is 2.53 bits per heavy atom. The molecule has 0 fully saturated rings. The van der Waals surface area contributed by atoms with Gasteiger partial charge in [-0.15, -0.1) is 10.2 Å². The smallest absolute Gasteiger partial charge is 0.325 e. The van der Waals surface area contributed by atoms with Gasteiger partial charge in [0.05, 0.1) is 5.69 Å². The number of aromatic nitrogens is 3. The number of nitrogens with zero attached hydrogens (tertiary/aromatic N) is 3. The van der Waals surface area contributed by atoms with Crippen molar-refractivity contribution in [3.8, 4) is 11.5 Å². The summed E-state index contributed by atoms with van der Waals surface area (Å²) in [5, 5.41) is 14.9. The van der Waals surface area contributed by atoms with Gasteiger partial charge in [-0.25, -0.2) is 4.79 Å². The van der Waals surface area contributed by atoms with Crippen molar-refractivity contribution < 1.29 is 14.3 Å². The number of rotatable bonds is 4. The predicted octanol–water partition coefficient (Wildman–Crippen LogP) is 4.33. The van der Waals surface area contributed by atoms with E-state index in [0.29, 0.717) is 35.2 Å². The maximum absolute atomic E-state index is 12.2. The number of carbonyl (C=O) groups excluding carboxylic acids is 2. The molecule has 154 valence electrons. The summed E-state index contributed by atoms with van der Waals surface area (Å²) >= 11 is 1.35. The summed E-state index contributed by atoms with van der Waals surface area (Å²) in [4.78, 5) is 28.1. The Bertz CT molecular complexity index is 1100. The normalized spacial score (nSPS) is 13.1. The minimum Gasteiger partial charge on any atom is -0.457 e. The monoisotopic (exact) mass is 423 g/mol. The van der Waals surface area contributed by atoms with Gasteiger partial charge < -0.3 is 10.1 Å². The number of ether oxygens (including phenoxy) is 1. The Kier molecular flexibility index (Phi) is 5.21. The molecule has 2 aromatic heterocycles. The molecule has 0 saturated heterocycles. The van der Waals surface area contributed by atoms with Gasteiger partial charge in [0.1, 0.15) is 22.3 Å². The van der Waals surface area contributed by atoms with Gasteiger partial charge in [-0.05, 0) is 30.3 Å². The van der Waals surface area contributed by atoms with Crippen molar-refractivity contribution in [1.82, 2.24) is 15.2 Å². The minimum atomic E-state index is -0.397. The molecule has 2 N–H and O–H groups in total. The standard InChI is InChI=1S/C21H21N5O3S/c1-21(2,3)18-25-26-20(30-18)24-19(28)23-12-4-6-14(7-5-12)29-17-8-9-22-16-11-13(27)10-15(16)17/h4-9H,10-11H2,1-3H3,(H2,23,24,26,28).